The molecule has 0 atom stereocenters. The predicted octanol–water partition coefficient (Wildman–Crippen LogP) is 0.338. The normalized spacial score (nSPS) is 10.5. The highest BCUT2D eigenvalue weighted by atomic mass is 15.3. The lowest BCUT2D eigenvalue weighted by atomic mass is 9.95. The molecule has 1 aromatic carbocycles. The molecule has 0 amide bonds. The Morgan fingerprint density at radius 3 is 2.26 bits per heavy atom. The number of nitrogens with one attached hydrogen (secondary N) is 2. The van der Waals surface area contributed by atoms with Crippen LogP contribution in [0.2, 0.25) is 0 Å². The first-order valence-electron chi connectivity index (χ1n) is 6.11. The number of hydrogen-bond donors (Lipinski definition) is 5. The molecule has 106 valence electrons. The fraction of sp³-hybridized carbons (Fsp3) is 0.385. The van der Waals surface area contributed by atoms with Gasteiger partial charge in [-0.3, -0.25) is 5.41 Å². The lowest BCUT2D eigenvalue weighted by Gasteiger charge is -2.12. The summed E-state index contributed by atoms with van der Waals surface area (Å²) in [6, 6.07) is 5.78. The first kappa shape index (κ1) is 17.1. The zero-order valence-corrected chi connectivity index (χ0v) is 11.8. The van der Waals surface area contributed by atoms with Crippen LogP contribution in [0.4, 0.5) is 0 Å². The second kappa shape index (κ2) is 9.07. The Labute approximate surface area is 114 Å². The number of nitrogen functional groups attached to an aromatic ring is 1. The minimum Gasteiger partial charge on any atom is -0.384 e. The molecule has 6 heteroatoms. The Morgan fingerprint density at radius 2 is 1.84 bits per heavy atom. The Balaban J connectivity index is 0.000000982. The molecule has 0 aliphatic heterocycles. The number of rotatable bonds is 4. The number of nitrogens with zero attached hydrogens (tertiary/aromatic N) is 1. The van der Waals surface area contributed by atoms with Crippen molar-refractivity contribution in [2.45, 2.75) is 20.3 Å². The van der Waals surface area contributed by atoms with E-state index >= 15 is 0 Å². The van der Waals surface area contributed by atoms with E-state index in [1.165, 1.54) is 0 Å². The highest BCUT2D eigenvalue weighted by molar-refractivity contribution is 6.04. The molecule has 0 radical (unpaired) electrons. The fourth-order valence-corrected chi connectivity index (χ4v) is 1.79. The monoisotopic (exact) mass is 264 g/mol. The molecule has 0 bridgehead atoms. The van der Waals surface area contributed by atoms with Gasteiger partial charge < -0.3 is 22.6 Å². The van der Waals surface area contributed by atoms with Gasteiger partial charge in [0.1, 0.15) is 5.84 Å². The van der Waals surface area contributed by atoms with E-state index in [2.05, 4.69) is 28.9 Å². The van der Waals surface area contributed by atoms with Crippen LogP contribution >= 0.6 is 0 Å². The summed E-state index contributed by atoms with van der Waals surface area (Å²) >= 11 is 0. The van der Waals surface area contributed by atoms with Gasteiger partial charge in [0.05, 0.1) is 5.71 Å². The summed E-state index contributed by atoms with van der Waals surface area (Å²) in [7, 11) is 1.77. The van der Waals surface area contributed by atoms with E-state index in [1.807, 2.05) is 25.1 Å². The lowest BCUT2D eigenvalue weighted by molar-refractivity contribution is 0.898. The average molecular weight is 264 g/mol. The summed E-state index contributed by atoms with van der Waals surface area (Å²) in [5.41, 5.74) is 21.4. The molecule has 0 aliphatic rings. The molecular weight excluding hydrogens is 240 g/mol. The zero-order chi connectivity index (χ0) is 14.8. The maximum Gasteiger partial charge on any atom is 0.123 e. The van der Waals surface area contributed by atoms with Gasteiger partial charge >= 0.3 is 0 Å². The minimum absolute atomic E-state index is 0.107. The Bertz CT molecular complexity index is 439. The zero-order valence-electron chi connectivity index (χ0n) is 11.8. The van der Waals surface area contributed by atoms with Gasteiger partial charge in [0, 0.05) is 24.8 Å². The molecule has 0 aromatic heterocycles. The molecule has 6 nitrogen and oxygen atoms in total. The summed E-state index contributed by atoms with van der Waals surface area (Å²) in [6.45, 7) is 4.24. The van der Waals surface area contributed by atoms with Crippen LogP contribution in [0.5, 0.6) is 0 Å². The summed E-state index contributed by atoms with van der Waals surface area (Å²) in [6.07, 6.45) is 0.835. The number of hydrogen-bond acceptors (Lipinski definition) is 5. The van der Waals surface area contributed by atoms with Crippen molar-refractivity contribution in [3.05, 3.63) is 34.9 Å². The van der Waals surface area contributed by atoms with Crippen molar-refractivity contribution in [2.24, 2.45) is 22.3 Å². The van der Waals surface area contributed by atoms with Crippen LogP contribution in [0.25, 0.3) is 0 Å². The topological polar surface area (TPSA) is 126 Å². The van der Waals surface area contributed by atoms with Crippen molar-refractivity contribution in [1.82, 2.24) is 5.43 Å². The summed E-state index contributed by atoms with van der Waals surface area (Å²) < 4.78 is 0. The fourth-order valence-electron chi connectivity index (χ4n) is 1.79. The molecule has 19 heavy (non-hydrogen) atoms. The first-order valence-corrected chi connectivity index (χ1v) is 6.11. The van der Waals surface area contributed by atoms with E-state index in [4.69, 9.17) is 11.1 Å². The smallest absolute Gasteiger partial charge is 0.123 e. The van der Waals surface area contributed by atoms with E-state index in [-0.39, 0.29) is 12.5 Å². The standard InChI is InChI=1S/C12H18N4.CH6N2/c1-4-9-10(8(2)16-15-3)6-5-7-11(9)12(13)14;2-1-3/h5-7,15H,4H2,1-3H3,(H3,13,14);1-3H2/b16-8+;. The van der Waals surface area contributed by atoms with Crippen molar-refractivity contribution < 1.29 is 0 Å². The van der Waals surface area contributed by atoms with Crippen LogP contribution in [-0.2, 0) is 6.42 Å². The lowest BCUT2D eigenvalue weighted by Crippen LogP contribution is -2.16. The van der Waals surface area contributed by atoms with Crippen molar-refractivity contribution >= 4 is 11.5 Å². The SMILES string of the molecule is CCc1c(C(=N)N)cccc1/C(C)=N/NC.NCN. The van der Waals surface area contributed by atoms with Crippen LogP contribution in [-0.4, -0.2) is 25.3 Å². The maximum absolute atomic E-state index is 7.54. The molecule has 0 unspecified atom stereocenters. The molecule has 1 rings (SSSR count). The van der Waals surface area contributed by atoms with Gasteiger partial charge in [-0.1, -0.05) is 25.1 Å². The largest absolute Gasteiger partial charge is 0.384 e. The molecule has 0 saturated carbocycles. The van der Waals surface area contributed by atoms with Gasteiger partial charge in [0.2, 0.25) is 0 Å². The van der Waals surface area contributed by atoms with Gasteiger partial charge in [0.25, 0.3) is 0 Å². The molecule has 1 aromatic rings. The van der Waals surface area contributed by atoms with E-state index in [0.717, 1.165) is 28.8 Å². The van der Waals surface area contributed by atoms with Gasteiger partial charge in [-0.2, -0.15) is 5.10 Å². The second-order valence-corrected chi connectivity index (χ2v) is 3.76. The third-order valence-electron chi connectivity index (χ3n) is 2.49. The Hall–Kier alpha value is -1.92. The van der Waals surface area contributed by atoms with Gasteiger partial charge in [-0.25, -0.2) is 0 Å². The Kier molecular flexibility index (Phi) is 8.15. The van der Waals surface area contributed by atoms with Gasteiger partial charge in [0.15, 0.2) is 0 Å². The quantitative estimate of drug-likeness (QED) is 0.232. The first-order chi connectivity index (χ1) is 9.03. The van der Waals surface area contributed by atoms with Crippen molar-refractivity contribution in [3.63, 3.8) is 0 Å². The molecule has 0 saturated heterocycles. The van der Waals surface area contributed by atoms with Crippen LogP contribution < -0.4 is 22.6 Å². The summed E-state index contributed by atoms with van der Waals surface area (Å²) in [5, 5.41) is 11.7. The van der Waals surface area contributed by atoms with E-state index in [9.17, 15) is 0 Å². The van der Waals surface area contributed by atoms with Crippen molar-refractivity contribution in [3.8, 4) is 0 Å². The van der Waals surface area contributed by atoms with E-state index in [1.54, 1.807) is 7.05 Å². The minimum atomic E-state index is 0.107. The highest BCUT2D eigenvalue weighted by Gasteiger charge is 2.10. The molecule has 0 spiro atoms. The number of amidine groups is 1. The number of hydrazone groups is 1. The molecule has 0 heterocycles. The molecular formula is C13H24N6. The molecule has 0 fully saturated rings. The van der Waals surface area contributed by atoms with Crippen LogP contribution in [0, 0.1) is 5.41 Å². The van der Waals surface area contributed by atoms with Crippen LogP contribution in [0.15, 0.2) is 23.3 Å². The highest BCUT2D eigenvalue weighted by Crippen LogP contribution is 2.16. The van der Waals surface area contributed by atoms with Crippen molar-refractivity contribution in [1.29, 1.82) is 5.41 Å². The third-order valence-corrected chi connectivity index (χ3v) is 2.49. The van der Waals surface area contributed by atoms with E-state index in [0.29, 0.717) is 0 Å². The maximum atomic E-state index is 7.54. The van der Waals surface area contributed by atoms with E-state index < -0.39 is 0 Å². The molecule has 8 N–H and O–H groups in total. The number of nitrogens with two attached hydrogens (primary N) is 3. The van der Waals surface area contributed by atoms with Crippen LogP contribution in [0.1, 0.15) is 30.5 Å². The predicted molar refractivity (Wildman–Crippen MR) is 81.3 cm³/mol. The number of benzene rings is 1. The third kappa shape index (κ3) is 5.07. The van der Waals surface area contributed by atoms with Crippen LogP contribution in [0.3, 0.4) is 0 Å². The summed E-state index contributed by atoms with van der Waals surface area (Å²) in [5.74, 6) is 0.107. The summed E-state index contributed by atoms with van der Waals surface area (Å²) in [4.78, 5) is 0. The van der Waals surface area contributed by atoms with Gasteiger partial charge in [-0.15, -0.1) is 0 Å². The van der Waals surface area contributed by atoms with Gasteiger partial charge in [-0.05, 0) is 18.9 Å². The van der Waals surface area contributed by atoms with Crippen molar-refractivity contribution in [2.75, 3.05) is 13.7 Å². The average Bonchev–Trinajstić information content (AvgIpc) is 2.38. The molecule has 0 aliphatic carbocycles. The Morgan fingerprint density at radius 1 is 1.32 bits per heavy atom. The second-order valence-electron chi connectivity index (χ2n) is 3.76.